The van der Waals surface area contributed by atoms with Crippen molar-refractivity contribution in [1.82, 2.24) is 5.32 Å². The summed E-state index contributed by atoms with van der Waals surface area (Å²) in [6, 6.07) is -1.20. The van der Waals surface area contributed by atoms with E-state index in [1.54, 1.807) is 0 Å². The predicted molar refractivity (Wildman–Crippen MR) is 130 cm³/mol. The molecule has 3 saturated heterocycles. The summed E-state index contributed by atoms with van der Waals surface area (Å²) in [7, 11) is 0. The summed E-state index contributed by atoms with van der Waals surface area (Å²) in [6.45, 7) is -0.656. The maximum Gasteiger partial charge on any atom is 0.217 e. The zero-order valence-corrected chi connectivity index (χ0v) is 22.4. The highest BCUT2D eigenvalue weighted by Gasteiger charge is 2.54. The second kappa shape index (κ2) is 15.5. The maximum absolute atomic E-state index is 11.8. The molecule has 0 aromatic carbocycles. The van der Waals surface area contributed by atoms with Gasteiger partial charge < -0.3 is 85.4 Å². The second-order valence-corrected chi connectivity index (χ2v) is 10.1. The molecule has 3 heterocycles. The Morgan fingerprint density at radius 3 is 1.80 bits per heavy atom. The van der Waals surface area contributed by atoms with Crippen LogP contribution >= 0.6 is 0 Å². The Labute approximate surface area is 235 Å². The minimum atomic E-state index is -1.90. The minimum absolute atomic E-state index is 0.116. The Kier molecular flexibility index (Phi) is 13.0. The molecule has 3 rings (SSSR count). The molecule has 3 aliphatic heterocycles. The molecular weight excluding hydrogens is 560 g/mol. The lowest BCUT2D eigenvalue weighted by molar-refractivity contribution is -0.376. The van der Waals surface area contributed by atoms with Gasteiger partial charge in [0.25, 0.3) is 0 Å². The molecule has 1 amide bonds. The summed E-state index contributed by atoms with van der Waals surface area (Å²) in [5.74, 6) is -0.545. The highest BCUT2D eigenvalue weighted by molar-refractivity contribution is 5.73. The van der Waals surface area contributed by atoms with Crippen LogP contribution in [0.3, 0.4) is 0 Å². The first-order valence-electron chi connectivity index (χ1n) is 13.3. The van der Waals surface area contributed by atoms with E-state index in [0.717, 1.165) is 0 Å². The van der Waals surface area contributed by atoms with Crippen molar-refractivity contribution in [3.63, 3.8) is 0 Å². The Balaban J connectivity index is 1.80. The lowest BCUT2D eigenvalue weighted by Gasteiger charge is -2.48. The average Bonchev–Trinajstić information content (AvgIpc) is 2.95. The van der Waals surface area contributed by atoms with Crippen molar-refractivity contribution in [2.75, 3.05) is 33.0 Å². The number of ether oxygens (including phenoxy) is 6. The average molecular weight is 603 g/mol. The molecule has 3 aliphatic rings. The number of hydrogen-bond donors (Lipinski definition) is 11. The molecule has 0 saturated carbocycles. The van der Waals surface area contributed by atoms with Crippen LogP contribution in [0.4, 0.5) is 0 Å². The molecular formula is C23H42N2O16. The quantitative estimate of drug-likeness (QED) is 0.0925. The number of aliphatic hydroxyl groups excluding tert-OH is 9. The van der Waals surface area contributed by atoms with Crippen LogP contribution in [0, 0.1) is 0 Å². The fraction of sp³-hybridized carbons (Fsp3) is 0.957. The summed E-state index contributed by atoms with van der Waals surface area (Å²) in [4.78, 5) is 11.8. The van der Waals surface area contributed by atoms with Gasteiger partial charge in [-0.3, -0.25) is 4.79 Å². The van der Waals surface area contributed by atoms with E-state index in [9.17, 15) is 50.8 Å². The fourth-order valence-corrected chi connectivity index (χ4v) is 4.86. The fourth-order valence-electron chi connectivity index (χ4n) is 4.86. The van der Waals surface area contributed by atoms with E-state index in [0.29, 0.717) is 13.0 Å². The topological polar surface area (TPSA) is 293 Å². The Hall–Kier alpha value is -1.17. The first-order chi connectivity index (χ1) is 19.5. The van der Waals surface area contributed by atoms with E-state index in [1.807, 2.05) is 0 Å². The molecule has 18 nitrogen and oxygen atoms in total. The highest BCUT2D eigenvalue weighted by Crippen LogP contribution is 2.32. The van der Waals surface area contributed by atoms with Crippen LogP contribution < -0.4 is 11.1 Å². The molecule has 12 N–H and O–H groups in total. The van der Waals surface area contributed by atoms with E-state index >= 15 is 0 Å². The highest BCUT2D eigenvalue weighted by atomic mass is 16.8. The molecule has 41 heavy (non-hydrogen) atoms. The van der Waals surface area contributed by atoms with Crippen LogP contribution in [0.2, 0.25) is 0 Å². The Morgan fingerprint density at radius 2 is 1.24 bits per heavy atom. The predicted octanol–water partition coefficient (Wildman–Crippen LogP) is -7.06. The molecule has 9 unspecified atom stereocenters. The van der Waals surface area contributed by atoms with Gasteiger partial charge in [-0.2, -0.15) is 0 Å². The van der Waals surface area contributed by atoms with Gasteiger partial charge in [-0.1, -0.05) is 0 Å². The first kappa shape index (κ1) is 34.3. The molecule has 0 aliphatic carbocycles. The zero-order chi connectivity index (χ0) is 30.4. The zero-order valence-electron chi connectivity index (χ0n) is 22.4. The van der Waals surface area contributed by atoms with Crippen LogP contribution in [-0.4, -0.2) is 177 Å². The van der Waals surface area contributed by atoms with Gasteiger partial charge in [0, 0.05) is 6.92 Å². The van der Waals surface area contributed by atoms with Gasteiger partial charge in [0.2, 0.25) is 5.91 Å². The van der Waals surface area contributed by atoms with Crippen molar-refractivity contribution in [2.45, 2.75) is 105 Å². The lowest BCUT2D eigenvalue weighted by Crippen LogP contribution is -2.68. The summed E-state index contributed by atoms with van der Waals surface area (Å²) in [5, 5.41) is 94.9. The van der Waals surface area contributed by atoms with Crippen LogP contribution in [0.25, 0.3) is 0 Å². The van der Waals surface area contributed by atoms with Gasteiger partial charge in [-0.05, 0) is 13.0 Å². The number of carbonyl (C=O) groups excluding carboxylic acids is 1. The number of amides is 1. The molecule has 0 radical (unpaired) electrons. The number of nitrogens with one attached hydrogen (secondary N) is 1. The normalized spacial score (nSPS) is 45.4. The first-order valence-corrected chi connectivity index (χ1v) is 13.3. The van der Waals surface area contributed by atoms with E-state index in [2.05, 4.69) is 5.32 Å². The van der Waals surface area contributed by atoms with Crippen molar-refractivity contribution in [1.29, 1.82) is 0 Å². The third-order valence-electron chi connectivity index (χ3n) is 7.11. The third-order valence-corrected chi connectivity index (χ3v) is 7.11. The number of nitrogens with two attached hydrogens (primary N) is 1. The molecule has 0 aromatic rings. The molecule has 0 spiro atoms. The summed E-state index contributed by atoms with van der Waals surface area (Å²) in [6.07, 6.45) is -22.1. The maximum atomic E-state index is 11.8. The number of aliphatic hydroxyl groups is 9. The van der Waals surface area contributed by atoms with Crippen molar-refractivity contribution in [2.24, 2.45) is 5.73 Å². The standard InChI is InChI=1S/C23H42N2O16/c1-8(29)25-12-15(32)19(11(7-28)39-21(12)36-4-2-3-24)40-23-18(35)20(14(31)10(6-27)38-23)41-22-17(34)16(33)13(30)9(5-26)37-22/h9-23,26-28,30-35H,2-7,24H2,1H3,(H,25,29)/t9?,10?,11?,12?,13-,14-,15?,16?,17?,18?,19+,20?,21+,22+,23-/m0/s1. The molecule has 0 bridgehead atoms. The number of hydrogen-bond acceptors (Lipinski definition) is 17. The Morgan fingerprint density at radius 1 is 0.707 bits per heavy atom. The van der Waals surface area contributed by atoms with Gasteiger partial charge >= 0.3 is 0 Å². The van der Waals surface area contributed by atoms with Gasteiger partial charge in [0.1, 0.15) is 73.2 Å². The molecule has 18 heteroatoms. The van der Waals surface area contributed by atoms with Crippen LogP contribution in [0.5, 0.6) is 0 Å². The summed E-state index contributed by atoms with van der Waals surface area (Å²) in [5.41, 5.74) is 5.48. The molecule has 15 atom stereocenters. The van der Waals surface area contributed by atoms with E-state index in [-0.39, 0.29) is 6.61 Å². The van der Waals surface area contributed by atoms with Gasteiger partial charge in [0.15, 0.2) is 18.9 Å². The van der Waals surface area contributed by atoms with E-state index < -0.39 is 118 Å². The number of carbonyl (C=O) groups is 1. The van der Waals surface area contributed by atoms with Crippen LogP contribution in [0.15, 0.2) is 0 Å². The third kappa shape index (κ3) is 7.87. The molecule has 3 fully saturated rings. The Bertz CT molecular complexity index is 812. The van der Waals surface area contributed by atoms with Crippen molar-refractivity contribution in [3.05, 3.63) is 0 Å². The summed E-state index contributed by atoms with van der Waals surface area (Å²) < 4.78 is 33.4. The van der Waals surface area contributed by atoms with E-state index in [1.165, 1.54) is 6.92 Å². The van der Waals surface area contributed by atoms with Crippen molar-refractivity contribution in [3.8, 4) is 0 Å². The van der Waals surface area contributed by atoms with Crippen LogP contribution in [-0.2, 0) is 33.2 Å². The molecule has 0 aromatic heterocycles. The SMILES string of the molecule is CC(=O)NC1C(O)[C@H](O[C@@H]2OC(CO)[C@H](O)C(O[C@H]3OC(CO)[C@H](O)C(O)C3O)C2O)C(CO)O[C@H]1OCCCN. The monoisotopic (exact) mass is 602 g/mol. The largest absolute Gasteiger partial charge is 0.394 e. The lowest BCUT2D eigenvalue weighted by atomic mass is 9.95. The smallest absolute Gasteiger partial charge is 0.217 e. The molecule has 240 valence electrons. The minimum Gasteiger partial charge on any atom is -0.394 e. The number of rotatable bonds is 12. The van der Waals surface area contributed by atoms with E-state index in [4.69, 9.17) is 34.2 Å². The second-order valence-electron chi connectivity index (χ2n) is 10.1. The van der Waals surface area contributed by atoms with Gasteiger partial charge in [0.05, 0.1) is 26.4 Å². The van der Waals surface area contributed by atoms with Gasteiger partial charge in [-0.25, -0.2) is 0 Å². The van der Waals surface area contributed by atoms with Crippen molar-refractivity contribution >= 4 is 5.91 Å². The summed E-state index contributed by atoms with van der Waals surface area (Å²) >= 11 is 0. The van der Waals surface area contributed by atoms with Crippen molar-refractivity contribution < 1.29 is 79.2 Å². The van der Waals surface area contributed by atoms with Gasteiger partial charge in [-0.15, -0.1) is 0 Å². The van der Waals surface area contributed by atoms with Crippen LogP contribution in [0.1, 0.15) is 13.3 Å².